The summed E-state index contributed by atoms with van der Waals surface area (Å²) in [7, 11) is 0. The fourth-order valence-corrected chi connectivity index (χ4v) is 2.34. The van der Waals surface area contributed by atoms with Crippen LogP contribution >= 0.6 is 0 Å². The highest BCUT2D eigenvalue weighted by atomic mass is 16.6. The van der Waals surface area contributed by atoms with Crippen LogP contribution in [-0.4, -0.2) is 35.1 Å². The van der Waals surface area contributed by atoms with Crippen LogP contribution < -0.4 is 10.7 Å². The maximum absolute atomic E-state index is 12.4. The van der Waals surface area contributed by atoms with E-state index < -0.39 is 23.5 Å². The van der Waals surface area contributed by atoms with E-state index in [0.29, 0.717) is 12.1 Å². The molecule has 2 N–H and O–H groups in total. The molecule has 1 unspecified atom stereocenters. The van der Waals surface area contributed by atoms with Gasteiger partial charge in [0.05, 0.1) is 0 Å². The largest absolute Gasteiger partial charge is 0.460 e. The number of nitrogens with one attached hydrogen (secondary N) is 2. The molecule has 1 rings (SSSR count). The molecular formula is C21H31N3O4. The summed E-state index contributed by atoms with van der Waals surface area (Å²) in [6.45, 7) is 8.82. The van der Waals surface area contributed by atoms with Gasteiger partial charge in [0.1, 0.15) is 11.6 Å². The molecule has 0 saturated heterocycles. The minimum absolute atomic E-state index is 0.0170. The average Bonchev–Trinajstić information content (AvgIpc) is 2.60. The van der Waals surface area contributed by atoms with E-state index in [9.17, 15) is 14.4 Å². The molecule has 0 saturated carbocycles. The summed E-state index contributed by atoms with van der Waals surface area (Å²) in [6.07, 6.45) is 0.967. The molecule has 1 atom stereocenters. The predicted octanol–water partition coefficient (Wildman–Crippen LogP) is 2.74. The van der Waals surface area contributed by atoms with Crippen molar-refractivity contribution in [2.75, 3.05) is 0 Å². The van der Waals surface area contributed by atoms with Crippen LogP contribution in [0.5, 0.6) is 0 Å². The number of carbonyl (C=O) groups is 3. The Bertz CT molecular complexity index is 689. The van der Waals surface area contributed by atoms with E-state index in [1.807, 2.05) is 30.3 Å². The molecule has 0 aliphatic rings. The van der Waals surface area contributed by atoms with Crippen LogP contribution in [-0.2, 0) is 25.5 Å². The number of nitrogens with zero attached hydrogens (tertiary/aromatic N) is 1. The van der Waals surface area contributed by atoms with Gasteiger partial charge in [-0.25, -0.2) is 5.43 Å². The molecule has 0 radical (unpaired) electrons. The van der Waals surface area contributed by atoms with Gasteiger partial charge in [0.25, 0.3) is 5.91 Å². The van der Waals surface area contributed by atoms with Gasteiger partial charge in [-0.3, -0.25) is 14.4 Å². The zero-order chi connectivity index (χ0) is 21.2. The highest BCUT2D eigenvalue weighted by molar-refractivity contribution is 5.89. The predicted molar refractivity (Wildman–Crippen MR) is 109 cm³/mol. The van der Waals surface area contributed by atoms with Crippen molar-refractivity contribution in [3.05, 3.63) is 35.9 Å². The lowest BCUT2D eigenvalue weighted by Crippen LogP contribution is -2.46. The Morgan fingerprint density at radius 3 is 2.29 bits per heavy atom. The van der Waals surface area contributed by atoms with E-state index >= 15 is 0 Å². The van der Waals surface area contributed by atoms with Gasteiger partial charge in [-0.2, -0.15) is 5.10 Å². The smallest absolute Gasteiger partial charge is 0.306 e. The molecule has 0 bridgehead atoms. The lowest BCUT2D eigenvalue weighted by atomic mass is 10.1. The van der Waals surface area contributed by atoms with Crippen molar-refractivity contribution in [2.45, 2.75) is 71.9 Å². The van der Waals surface area contributed by atoms with Crippen molar-refractivity contribution < 1.29 is 19.1 Å². The van der Waals surface area contributed by atoms with Crippen LogP contribution in [0.2, 0.25) is 0 Å². The van der Waals surface area contributed by atoms with E-state index in [1.54, 1.807) is 34.6 Å². The number of rotatable bonds is 9. The van der Waals surface area contributed by atoms with E-state index in [0.717, 1.165) is 5.56 Å². The maximum atomic E-state index is 12.4. The number of benzene rings is 1. The van der Waals surface area contributed by atoms with Gasteiger partial charge in [0.2, 0.25) is 5.91 Å². The van der Waals surface area contributed by atoms with Crippen molar-refractivity contribution >= 4 is 23.5 Å². The highest BCUT2D eigenvalue weighted by Crippen LogP contribution is 2.10. The third kappa shape index (κ3) is 10.4. The Hall–Kier alpha value is -2.70. The van der Waals surface area contributed by atoms with Crippen molar-refractivity contribution in [1.29, 1.82) is 0 Å². The van der Waals surface area contributed by atoms with E-state index in [2.05, 4.69) is 15.8 Å². The molecule has 1 aromatic carbocycles. The van der Waals surface area contributed by atoms with Gasteiger partial charge < -0.3 is 10.1 Å². The van der Waals surface area contributed by atoms with Crippen LogP contribution in [0.25, 0.3) is 0 Å². The minimum atomic E-state index is -0.862. The van der Waals surface area contributed by atoms with Crippen LogP contribution in [0.3, 0.4) is 0 Å². The number of hydrogen-bond donors (Lipinski definition) is 2. The number of amides is 2. The SMILES string of the molecule is CC(C)=NNC(=O)C(CCC(=O)OC(C)(C)C)NC(=O)CCc1ccccc1. The van der Waals surface area contributed by atoms with E-state index in [-0.39, 0.29) is 25.2 Å². The first-order valence-electron chi connectivity index (χ1n) is 9.42. The number of ether oxygens (including phenoxy) is 1. The molecule has 0 fully saturated rings. The molecule has 1 aromatic rings. The van der Waals surface area contributed by atoms with Crippen molar-refractivity contribution in [3.63, 3.8) is 0 Å². The summed E-state index contributed by atoms with van der Waals surface area (Å²) in [5.41, 5.74) is 3.53. The Labute approximate surface area is 166 Å². The van der Waals surface area contributed by atoms with Gasteiger partial charge in [0.15, 0.2) is 0 Å². The fourth-order valence-electron chi connectivity index (χ4n) is 2.34. The van der Waals surface area contributed by atoms with Crippen molar-refractivity contribution in [1.82, 2.24) is 10.7 Å². The molecule has 0 aliphatic heterocycles. The summed E-state index contributed by atoms with van der Waals surface area (Å²) in [5, 5.41) is 6.58. The lowest BCUT2D eigenvalue weighted by Gasteiger charge is -2.21. The molecule has 7 nitrogen and oxygen atoms in total. The molecule has 0 heterocycles. The van der Waals surface area contributed by atoms with E-state index in [1.165, 1.54) is 0 Å². The Balaban J connectivity index is 2.65. The first-order valence-corrected chi connectivity index (χ1v) is 9.42. The third-order valence-corrected chi connectivity index (χ3v) is 3.58. The number of hydrazone groups is 1. The quantitative estimate of drug-likeness (QED) is 0.385. The number of esters is 1. The molecule has 28 heavy (non-hydrogen) atoms. The summed E-state index contributed by atoms with van der Waals surface area (Å²) in [4.78, 5) is 36.6. The Morgan fingerprint density at radius 2 is 1.71 bits per heavy atom. The number of carbonyl (C=O) groups excluding carboxylic acids is 3. The van der Waals surface area contributed by atoms with Crippen LogP contribution in [0.1, 0.15) is 59.4 Å². The normalized spacial score (nSPS) is 11.9. The standard InChI is InChI=1S/C21H31N3O4/c1-15(2)23-24-20(27)17(12-14-19(26)28-21(3,4)5)22-18(25)13-11-16-9-7-6-8-10-16/h6-10,17H,11-14H2,1-5H3,(H,22,25)(H,24,27). The zero-order valence-electron chi connectivity index (χ0n) is 17.4. The highest BCUT2D eigenvalue weighted by Gasteiger charge is 2.23. The number of hydrogen-bond acceptors (Lipinski definition) is 5. The van der Waals surface area contributed by atoms with Crippen LogP contribution in [0, 0.1) is 0 Å². The molecule has 0 aliphatic carbocycles. The monoisotopic (exact) mass is 389 g/mol. The second kappa shape index (κ2) is 11.2. The Kier molecular flexibility index (Phi) is 9.35. The summed E-state index contributed by atoms with van der Waals surface area (Å²) in [5.74, 6) is -1.14. The first-order chi connectivity index (χ1) is 13.1. The second-order valence-electron chi connectivity index (χ2n) is 7.77. The molecule has 0 aromatic heterocycles. The van der Waals surface area contributed by atoms with Gasteiger partial charge in [0, 0.05) is 18.6 Å². The molecule has 0 spiro atoms. The van der Waals surface area contributed by atoms with Crippen molar-refractivity contribution in [3.8, 4) is 0 Å². The Morgan fingerprint density at radius 1 is 1.07 bits per heavy atom. The van der Waals surface area contributed by atoms with Gasteiger partial charge in [-0.05, 0) is 53.0 Å². The van der Waals surface area contributed by atoms with Gasteiger partial charge >= 0.3 is 5.97 Å². The maximum Gasteiger partial charge on any atom is 0.306 e. The summed E-state index contributed by atoms with van der Waals surface area (Å²) >= 11 is 0. The zero-order valence-corrected chi connectivity index (χ0v) is 17.4. The number of aryl methyl sites for hydroxylation is 1. The summed E-state index contributed by atoms with van der Waals surface area (Å²) in [6, 6.07) is 8.76. The molecule has 154 valence electrons. The average molecular weight is 389 g/mol. The van der Waals surface area contributed by atoms with Gasteiger partial charge in [-0.1, -0.05) is 30.3 Å². The molecular weight excluding hydrogens is 358 g/mol. The first kappa shape index (κ1) is 23.3. The molecule has 7 heteroatoms. The third-order valence-electron chi connectivity index (χ3n) is 3.58. The second-order valence-corrected chi connectivity index (χ2v) is 7.77. The molecule has 2 amide bonds. The van der Waals surface area contributed by atoms with Crippen LogP contribution in [0.15, 0.2) is 35.4 Å². The summed E-state index contributed by atoms with van der Waals surface area (Å²) < 4.78 is 5.27. The van der Waals surface area contributed by atoms with E-state index in [4.69, 9.17) is 4.74 Å². The minimum Gasteiger partial charge on any atom is -0.460 e. The van der Waals surface area contributed by atoms with Crippen molar-refractivity contribution in [2.24, 2.45) is 5.10 Å². The van der Waals surface area contributed by atoms with Gasteiger partial charge in [-0.15, -0.1) is 0 Å². The lowest BCUT2D eigenvalue weighted by molar-refractivity contribution is -0.155. The van der Waals surface area contributed by atoms with Crippen LogP contribution in [0.4, 0.5) is 0 Å². The fraction of sp³-hybridized carbons (Fsp3) is 0.524. The topological polar surface area (TPSA) is 96.9 Å².